The van der Waals surface area contributed by atoms with E-state index in [0.29, 0.717) is 12.0 Å². The Hall–Kier alpha value is -2.37. The topological polar surface area (TPSA) is 89.9 Å². The van der Waals surface area contributed by atoms with Crippen LogP contribution in [0.5, 0.6) is 0 Å². The molecule has 0 bridgehead atoms. The molecule has 1 rings (SSSR count). The Labute approximate surface area is 116 Å². The molecule has 0 saturated heterocycles. The lowest BCUT2D eigenvalue weighted by molar-refractivity contribution is -0.140. The Morgan fingerprint density at radius 1 is 1.10 bits per heavy atom. The molecule has 0 aliphatic rings. The van der Waals surface area contributed by atoms with Gasteiger partial charge in [-0.25, -0.2) is 14.4 Å². The van der Waals surface area contributed by atoms with Gasteiger partial charge in [0.25, 0.3) is 0 Å². The average molecular weight is 280 g/mol. The van der Waals surface area contributed by atoms with Crippen molar-refractivity contribution >= 4 is 17.9 Å². The second kappa shape index (κ2) is 7.28. The quantitative estimate of drug-likeness (QED) is 0.797. The number of hydrogen-bond donors (Lipinski definition) is 1. The first-order valence-electron chi connectivity index (χ1n) is 6.19. The molecule has 108 valence electrons. The Kier molecular flexibility index (Phi) is 5.71. The lowest BCUT2D eigenvalue weighted by Gasteiger charge is -2.12. The molecule has 0 heterocycles. The van der Waals surface area contributed by atoms with Crippen LogP contribution in [0.15, 0.2) is 18.2 Å². The first-order valence-corrected chi connectivity index (χ1v) is 6.19. The Bertz CT molecular complexity index is 520. The maximum atomic E-state index is 11.9. The molecule has 0 atom stereocenters. The number of aryl methyl sites for hydroxylation is 1. The van der Waals surface area contributed by atoms with Crippen molar-refractivity contribution in [3.05, 3.63) is 34.9 Å². The van der Waals surface area contributed by atoms with Crippen LogP contribution in [0.1, 0.15) is 40.1 Å². The summed E-state index contributed by atoms with van der Waals surface area (Å²) in [5, 5.41) is 8.50. The van der Waals surface area contributed by atoms with Crippen molar-refractivity contribution in [1.29, 1.82) is 0 Å². The molecule has 0 unspecified atom stereocenters. The fourth-order valence-electron chi connectivity index (χ4n) is 1.71. The number of carbonyl (C=O) groups excluding carboxylic acids is 2. The van der Waals surface area contributed by atoms with Gasteiger partial charge < -0.3 is 14.6 Å². The first-order chi connectivity index (χ1) is 9.51. The van der Waals surface area contributed by atoms with Crippen molar-refractivity contribution in [1.82, 2.24) is 0 Å². The number of hydrogen-bond acceptors (Lipinski definition) is 5. The lowest BCUT2D eigenvalue weighted by atomic mass is 9.99. The molecule has 6 heteroatoms. The minimum atomic E-state index is -1.26. The van der Waals surface area contributed by atoms with Crippen LogP contribution in [-0.2, 0) is 20.7 Å². The van der Waals surface area contributed by atoms with E-state index in [1.807, 2.05) is 6.92 Å². The van der Waals surface area contributed by atoms with Crippen molar-refractivity contribution < 1.29 is 29.0 Å². The fraction of sp³-hybridized carbons (Fsp3) is 0.357. The van der Waals surface area contributed by atoms with E-state index < -0.39 is 24.5 Å². The SMILES string of the molecule is CCOC(=O)c1c(CC)cccc1C(=O)OCC(=O)O. The molecule has 0 aliphatic heterocycles. The van der Waals surface area contributed by atoms with Crippen molar-refractivity contribution in [3.8, 4) is 0 Å². The zero-order valence-corrected chi connectivity index (χ0v) is 11.3. The van der Waals surface area contributed by atoms with Gasteiger partial charge in [0.2, 0.25) is 0 Å². The van der Waals surface area contributed by atoms with E-state index in [2.05, 4.69) is 4.74 Å². The number of carboxylic acid groups (broad SMARTS) is 1. The standard InChI is InChI=1S/C14H16O6/c1-3-9-6-5-7-10(12(9)14(18)19-4-2)13(17)20-8-11(15)16/h5-7H,3-4,8H2,1-2H3,(H,15,16). The zero-order valence-electron chi connectivity index (χ0n) is 11.3. The van der Waals surface area contributed by atoms with Gasteiger partial charge in [-0.2, -0.15) is 0 Å². The van der Waals surface area contributed by atoms with E-state index in [1.54, 1.807) is 19.1 Å². The Morgan fingerprint density at radius 2 is 1.80 bits per heavy atom. The van der Waals surface area contributed by atoms with Crippen LogP contribution < -0.4 is 0 Å². The van der Waals surface area contributed by atoms with Crippen LogP contribution in [0.25, 0.3) is 0 Å². The van der Waals surface area contributed by atoms with Crippen molar-refractivity contribution in [2.75, 3.05) is 13.2 Å². The molecule has 0 spiro atoms. The van der Waals surface area contributed by atoms with Crippen LogP contribution in [0.3, 0.4) is 0 Å². The van der Waals surface area contributed by atoms with E-state index in [0.717, 1.165) is 0 Å². The normalized spacial score (nSPS) is 9.90. The number of ether oxygens (including phenoxy) is 2. The predicted octanol–water partition coefficient (Wildman–Crippen LogP) is 1.67. The molecular formula is C14H16O6. The van der Waals surface area contributed by atoms with E-state index >= 15 is 0 Å². The first kappa shape index (κ1) is 15.7. The molecule has 1 aromatic rings. The monoisotopic (exact) mass is 280 g/mol. The van der Waals surface area contributed by atoms with Crippen LogP contribution in [-0.4, -0.2) is 36.2 Å². The van der Waals surface area contributed by atoms with E-state index in [-0.39, 0.29) is 17.7 Å². The molecule has 0 aromatic heterocycles. The molecule has 1 N–H and O–H groups in total. The number of esters is 2. The molecule has 6 nitrogen and oxygen atoms in total. The van der Waals surface area contributed by atoms with Crippen LogP contribution >= 0.6 is 0 Å². The van der Waals surface area contributed by atoms with Crippen LogP contribution in [0, 0.1) is 0 Å². The predicted molar refractivity (Wildman–Crippen MR) is 69.7 cm³/mol. The van der Waals surface area contributed by atoms with Crippen molar-refractivity contribution in [3.63, 3.8) is 0 Å². The minimum Gasteiger partial charge on any atom is -0.479 e. The summed E-state index contributed by atoms with van der Waals surface area (Å²) in [4.78, 5) is 34.2. The van der Waals surface area contributed by atoms with E-state index in [1.165, 1.54) is 6.07 Å². The van der Waals surface area contributed by atoms with E-state index in [9.17, 15) is 14.4 Å². The van der Waals surface area contributed by atoms with Gasteiger partial charge in [-0.05, 0) is 25.0 Å². The van der Waals surface area contributed by atoms with Gasteiger partial charge in [-0.3, -0.25) is 0 Å². The number of aliphatic carboxylic acids is 1. The molecule has 0 radical (unpaired) electrons. The second-order valence-electron chi connectivity index (χ2n) is 3.88. The molecule has 0 fully saturated rings. The summed E-state index contributed by atoms with van der Waals surface area (Å²) < 4.78 is 9.54. The van der Waals surface area contributed by atoms with Gasteiger partial charge >= 0.3 is 17.9 Å². The maximum absolute atomic E-state index is 11.9. The number of carboxylic acids is 1. The third kappa shape index (κ3) is 3.81. The zero-order chi connectivity index (χ0) is 15.1. The van der Waals surface area contributed by atoms with Gasteiger partial charge in [-0.15, -0.1) is 0 Å². The molecular weight excluding hydrogens is 264 g/mol. The lowest BCUT2D eigenvalue weighted by Crippen LogP contribution is -2.18. The number of benzene rings is 1. The summed E-state index contributed by atoms with van der Waals surface area (Å²) in [6, 6.07) is 4.73. The molecule has 1 aromatic carbocycles. The maximum Gasteiger partial charge on any atom is 0.341 e. The summed E-state index contributed by atoms with van der Waals surface area (Å²) in [6.45, 7) is 2.93. The van der Waals surface area contributed by atoms with E-state index in [4.69, 9.17) is 9.84 Å². The van der Waals surface area contributed by atoms with Gasteiger partial charge in [0.15, 0.2) is 6.61 Å². The second-order valence-corrected chi connectivity index (χ2v) is 3.88. The van der Waals surface area contributed by atoms with Gasteiger partial charge in [0, 0.05) is 0 Å². The largest absolute Gasteiger partial charge is 0.479 e. The van der Waals surface area contributed by atoms with Crippen LogP contribution in [0.2, 0.25) is 0 Å². The summed E-state index contributed by atoms with van der Waals surface area (Å²) in [5.41, 5.74) is 0.796. The minimum absolute atomic E-state index is 0.0176. The van der Waals surface area contributed by atoms with Crippen molar-refractivity contribution in [2.24, 2.45) is 0 Å². The highest BCUT2D eigenvalue weighted by Gasteiger charge is 2.22. The average Bonchev–Trinajstić information content (AvgIpc) is 2.43. The highest BCUT2D eigenvalue weighted by Crippen LogP contribution is 2.18. The van der Waals surface area contributed by atoms with Gasteiger partial charge in [0.05, 0.1) is 17.7 Å². The van der Waals surface area contributed by atoms with Gasteiger partial charge in [0.1, 0.15) is 0 Å². The molecule has 20 heavy (non-hydrogen) atoms. The highest BCUT2D eigenvalue weighted by molar-refractivity contribution is 6.04. The Morgan fingerprint density at radius 3 is 2.35 bits per heavy atom. The summed E-state index contributed by atoms with van der Waals surface area (Å²) in [7, 11) is 0. The third-order valence-corrected chi connectivity index (χ3v) is 2.56. The molecule has 0 amide bonds. The fourth-order valence-corrected chi connectivity index (χ4v) is 1.71. The Balaban J connectivity index is 3.14. The molecule has 0 saturated carbocycles. The summed E-state index contributed by atoms with van der Waals surface area (Å²) in [6.07, 6.45) is 0.536. The number of carbonyl (C=O) groups is 3. The summed E-state index contributed by atoms with van der Waals surface area (Å²) in [5.74, 6) is -2.74. The smallest absolute Gasteiger partial charge is 0.341 e. The summed E-state index contributed by atoms with van der Waals surface area (Å²) >= 11 is 0. The number of rotatable bonds is 6. The molecule has 0 aliphatic carbocycles. The highest BCUT2D eigenvalue weighted by atomic mass is 16.6. The van der Waals surface area contributed by atoms with Gasteiger partial charge in [-0.1, -0.05) is 19.1 Å². The third-order valence-electron chi connectivity index (χ3n) is 2.56. The van der Waals surface area contributed by atoms with Crippen LogP contribution in [0.4, 0.5) is 0 Å². The van der Waals surface area contributed by atoms with Crippen molar-refractivity contribution in [2.45, 2.75) is 20.3 Å².